The predicted molar refractivity (Wildman–Crippen MR) is 91.4 cm³/mol. The SMILES string of the molecule is Cc1cc(C)nc(SC(C)C(=O)Nc2ccc(C)c(C)c2)n1. The number of benzene rings is 1. The molecule has 1 aromatic heterocycles. The fourth-order valence-electron chi connectivity index (χ4n) is 2.02. The maximum atomic E-state index is 12.3. The Bertz CT molecular complexity index is 680. The average molecular weight is 315 g/mol. The largest absolute Gasteiger partial charge is 0.325 e. The third-order valence-corrected chi connectivity index (χ3v) is 4.35. The molecule has 1 N–H and O–H groups in total. The summed E-state index contributed by atoms with van der Waals surface area (Å²) in [6.07, 6.45) is 0. The fraction of sp³-hybridized carbons (Fsp3) is 0.353. The van der Waals surface area contributed by atoms with Crippen molar-refractivity contribution < 1.29 is 4.79 Å². The summed E-state index contributed by atoms with van der Waals surface area (Å²) in [5, 5.41) is 3.32. The van der Waals surface area contributed by atoms with Crippen LogP contribution in [0.2, 0.25) is 0 Å². The lowest BCUT2D eigenvalue weighted by molar-refractivity contribution is -0.115. The standard InChI is InChI=1S/C17H21N3OS/c1-10-6-7-15(8-11(10)2)20-16(21)14(5)22-17-18-12(3)9-13(4)19-17/h6-9,14H,1-5H3,(H,20,21). The average Bonchev–Trinajstić information content (AvgIpc) is 2.41. The Hall–Kier alpha value is -1.88. The molecule has 2 aromatic rings. The first kappa shape index (κ1) is 16.5. The van der Waals surface area contributed by atoms with E-state index in [1.807, 2.05) is 52.0 Å². The van der Waals surface area contributed by atoms with Crippen LogP contribution in [0.5, 0.6) is 0 Å². The third-order valence-electron chi connectivity index (χ3n) is 3.39. The lowest BCUT2D eigenvalue weighted by Gasteiger charge is -2.12. The molecule has 0 aliphatic heterocycles. The Labute approximate surface area is 135 Å². The molecule has 0 saturated carbocycles. The Morgan fingerprint density at radius 1 is 1.05 bits per heavy atom. The second-order valence-corrected chi connectivity index (χ2v) is 6.79. The zero-order valence-corrected chi connectivity index (χ0v) is 14.4. The maximum Gasteiger partial charge on any atom is 0.237 e. The molecule has 1 aromatic carbocycles. The molecule has 1 amide bonds. The third kappa shape index (κ3) is 4.31. The van der Waals surface area contributed by atoms with Gasteiger partial charge in [0.25, 0.3) is 0 Å². The highest BCUT2D eigenvalue weighted by Crippen LogP contribution is 2.22. The fourth-order valence-corrected chi connectivity index (χ4v) is 2.90. The van der Waals surface area contributed by atoms with Crippen LogP contribution in [0.1, 0.15) is 29.4 Å². The van der Waals surface area contributed by atoms with Gasteiger partial charge in [-0.15, -0.1) is 0 Å². The van der Waals surface area contributed by atoms with E-state index in [1.165, 1.54) is 17.3 Å². The molecule has 0 bridgehead atoms. The monoisotopic (exact) mass is 315 g/mol. The number of nitrogens with one attached hydrogen (secondary N) is 1. The molecule has 2 rings (SSSR count). The van der Waals surface area contributed by atoms with Crippen molar-refractivity contribution in [3.05, 3.63) is 46.8 Å². The zero-order chi connectivity index (χ0) is 16.3. The number of aryl methyl sites for hydroxylation is 4. The minimum atomic E-state index is -0.261. The maximum absolute atomic E-state index is 12.3. The van der Waals surface area contributed by atoms with Crippen molar-refractivity contribution in [1.29, 1.82) is 0 Å². The van der Waals surface area contributed by atoms with Gasteiger partial charge in [0.2, 0.25) is 5.91 Å². The minimum absolute atomic E-state index is 0.0454. The van der Waals surface area contributed by atoms with Gasteiger partial charge in [0.05, 0.1) is 5.25 Å². The number of amides is 1. The first-order valence-corrected chi connectivity index (χ1v) is 8.10. The topological polar surface area (TPSA) is 54.9 Å². The number of aromatic nitrogens is 2. The number of rotatable bonds is 4. The van der Waals surface area contributed by atoms with Gasteiger partial charge in [-0.2, -0.15) is 0 Å². The van der Waals surface area contributed by atoms with Crippen molar-refractivity contribution in [1.82, 2.24) is 9.97 Å². The molecule has 1 heterocycles. The Morgan fingerprint density at radius 2 is 1.68 bits per heavy atom. The van der Waals surface area contributed by atoms with Crippen molar-refractivity contribution in [3.63, 3.8) is 0 Å². The molecule has 22 heavy (non-hydrogen) atoms. The number of thioether (sulfide) groups is 1. The summed E-state index contributed by atoms with van der Waals surface area (Å²) in [6.45, 7) is 9.81. The molecule has 1 unspecified atom stereocenters. The quantitative estimate of drug-likeness (QED) is 0.688. The first-order chi connectivity index (χ1) is 10.3. The van der Waals surface area contributed by atoms with Crippen LogP contribution in [-0.2, 0) is 4.79 Å². The molecule has 5 heteroatoms. The molecule has 4 nitrogen and oxygen atoms in total. The van der Waals surface area contributed by atoms with Gasteiger partial charge in [0.1, 0.15) is 0 Å². The van der Waals surface area contributed by atoms with E-state index in [4.69, 9.17) is 0 Å². The highest BCUT2D eigenvalue weighted by atomic mass is 32.2. The van der Waals surface area contributed by atoms with Crippen LogP contribution in [0.4, 0.5) is 5.69 Å². The highest BCUT2D eigenvalue weighted by Gasteiger charge is 2.16. The Kier molecular flexibility index (Phi) is 5.19. The van der Waals surface area contributed by atoms with Crippen LogP contribution in [0, 0.1) is 27.7 Å². The van der Waals surface area contributed by atoms with Crippen LogP contribution in [0.15, 0.2) is 29.4 Å². The van der Waals surface area contributed by atoms with Gasteiger partial charge < -0.3 is 5.32 Å². The van der Waals surface area contributed by atoms with Gasteiger partial charge in [-0.1, -0.05) is 17.8 Å². The summed E-state index contributed by atoms with van der Waals surface area (Å²) < 4.78 is 0. The lowest BCUT2D eigenvalue weighted by atomic mass is 10.1. The molecule has 0 radical (unpaired) electrons. The minimum Gasteiger partial charge on any atom is -0.325 e. The van der Waals surface area contributed by atoms with Crippen LogP contribution >= 0.6 is 11.8 Å². The van der Waals surface area contributed by atoms with Crippen molar-refractivity contribution in [2.45, 2.75) is 45.0 Å². The highest BCUT2D eigenvalue weighted by molar-refractivity contribution is 8.00. The van der Waals surface area contributed by atoms with Gasteiger partial charge in [0.15, 0.2) is 5.16 Å². The smallest absolute Gasteiger partial charge is 0.237 e. The number of nitrogens with zero attached hydrogens (tertiary/aromatic N) is 2. The number of carbonyl (C=O) groups excluding carboxylic acids is 1. The zero-order valence-electron chi connectivity index (χ0n) is 13.6. The summed E-state index contributed by atoms with van der Waals surface area (Å²) in [7, 11) is 0. The summed E-state index contributed by atoms with van der Waals surface area (Å²) in [5.41, 5.74) is 5.02. The van der Waals surface area contributed by atoms with E-state index in [9.17, 15) is 4.79 Å². The summed E-state index contributed by atoms with van der Waals surface area (Å²) in [4.78, 5) is 21.0. The van der Waals surface area contributed by atoms with E-state index < -0.39 is 0 Å². The van der Waals surface area contributed by atoms with Crippen LogP contribution in [0.25, 0.3) is 0 Å². The van der Waals surface area contributed by atoms with Crippen LogP contribution in [0.3, 0.4) is 0 Å². The van der Waals surface area contributed by atoms with Crippen molar-refractivity contribution >= 4 is 23.4 Å². The van der Waals surface area contributed by atoms with E-state index in [1.54, 1.807) is 0 Å². The Morgan fingerprint density at radius 3 is 2.27 bits per heavy atom. The summed E-state index contributed by atoms with van der Waals surface area (Å²) in [6, 6.07) is 7.84. The van der Waals surface area contributed by atoms with E-state index in [2.05, 4.69) is 22.2 Å². The molecule has 0 spiro atoms. The van der Waals surface area contributed by atoms with Gasteiger partial charge in [0, 0.05) is 17.1 Å². The van der Waals surface area contributed by atoms with Gasteiger partial charge in [-0.05, 0) is 63.9 Å². The van der Waals surface area contributed by atoms with Gasteiger partial charge in [-0.3, -0.25) is 4.79 Å². The van der Waals surface area contributed by atoms with Crippen molar-refractivity contribution in [3.8, 4) is 0 Å². The second-order valence-electron chi connectivity index (χ2n) is 5.48. The number of hydrogen-bond acceptors (Lipinski definition) is 4. The second kappa shape index (κ2) is 6.92. The number of carbonyl (C=O) groups is 1. The van der Waals surface area contributed by atoms with E-state index in [0.29, 0.717) is 5.16 Å². The molecule has 0 aliphatic carbocycles. The molecule has 0 saturated heterocycles. The molecular weight excluding hydrogens is 294 g/mol. The van der Waals surface area contributed by atoms with Gasteiger partial charge in [-0.25, -0.2) is 9.97 Å². The Balaban J connectivity index is 2.04. The van der Waals surface area contributed by atoms with Crippen LogP contribution < -0.4 is 5.32 Å². The van der Waals surface area contributed by atoms with Crippen molar-refractivity contribution in [2.24, 2.45) is 0 Å². The van der Waals surface area contributed by atoms with Crippen LogP contribution in [-0.4, -0.2) is 21.1 Å². The molecule has 1 atom stereocenters. The summed E-state index contributed by atoms with van der Waals surface area (Å²) in [5.74, 6) is -0.0454. The number of hydrogen-bond donors (Lipinski definition) is 1. The van der Waals surface area contributed by atoms with E-state index in [-0.39, 0.29) is 11.2 Å². The van der Waals surface area contributed by atoms with Crippen molar-refractivity contribution in [2.75, 3.05) is 5.32 Å². The predicted octanol–water partition coefficient (Wildman–Crippen LogP) is 3.83. The lowest BCUT2D eigenvalue weighted by Crippen LogP contribution is -2.22. The normalized spacial score (nSPS) is 12.0. The number of anilines is 1. The van der Waals surface area contributed by atoms with E-state index in [0.717, 1.165) is 22.6 Å². The van der Waals surface area contributed by atoms with E-state index >= 15 is 0 Å². The van der Waals surface area contributed by atoms with Gasteiger partial charge >= 0.3 is 0 Å². The molecular formula is C17H21N3OS. The first-order valence-electron chi connectivity index (χ1n) is 7.22. The summed E-state index contributed by atoms with van der Waals surface area (Å²) >= 11 is 1.37. The molecule has 116 valence electrons. The molecule has 0 fully saturated rings. The molecule has 0 aliphatic rings.